The zero-order valence-corrected chi connectivity index (χ0v) is 6.90. The van der Waals surface area contributed by atoms with Gasteiger partial charge in [-0.25, -0.2) is 4.79 Å². The summed E-state index contributed by atoms with van der Waals surface area (Å²) in [6.07, 6.45) is 5.60. The van der Waals surface area contributed by atoms with Crippen molar-refractivity contribution < 1.29 is 14.3 Å². The van der Waals surface area contributed by atoms with Gasteiger partial charge in [0.25, 0.3) is 0 Å². The Morgan fingerprint density at radius 2 is 2.08 bits per heavy atom. The minimum atomic E-state index is -0.855. The molecule has 0 aliphatic carbocycles. The van der Waals surface area contributed by atoms with E-state index < -0.39 is 6.16 Å². The first-order valence-electron chi connectivity index (χ1n) is 3.66. The first-order chi connectivity index (χ1) is 6.33. The highest BCUT2D eigenvalue weighted by Gasteiger charge is 2.01. The Hall–Kier alpha value is -1.95. The van der Waals surface area contributed by atoms with Gasteiger partial charge in [0.05, 0.1) is 0 Å². The van der Waals surface area contributed by atoms with Crippen molar-refractivity contribution in [1.82, 2.24) is 0 Å². The van der Waals surface area contributed by atoms with Crippen molar-refractivity contribution in [2.45, 2.75) is 6.61 Å². The van der Waals surface area contributed by atoms with Gasteiger partial charge in [0, 0.05) is 0 Å². The van der Waals surface area contributed by atoms with Crippen LogP contribution >= 0.6 is 0 Å². The van der Waals surface area contributed by atoms with E-state index in [-0.39, 0.29) is 6.61 Å². The van der Waals surface area contributed by atoms with Crippen LogP contribution in [0.5, 0.6) is 0 Å². The Morgan fingerprint density at radius 3 is 2.69 bits per heavy atom. The lowest BCUT2D eigenvalue weighted by molar-refractivity contribution is 0.0841. The third kappa shape index (κ3) is 3.30. The number of carbonyl (C=O) groups excluding carboxylic acids is 1. The molecule has 3 nitrogen and oxygen atoms in total. The molecule has 1 aromatic rings. The molecular weight excluding hydrogens is 168 g/mol. The van der Waals surface area contributed by atoms with Crippen molar-refractivity contribution in [3.8, 4) is 12.5 Å². The molecule has 0 saturated carbocycles. The molecule has 0 saturated heterocycles. The number of terminal acetylenes is 1. The molecule has 0 amide bonds. The van der Waals surface area contributed by atoms with E-state index in [1.165, 1.54) is 0 Å². The maximum atomic E-state index is 10.6. The summed E-state index contributed by atoms with van der Waals surface area (Å²) in [5.74, 6) is 0. The summed E-state index contributed by atoms with van der Waals surface area (Å²) in [6, 6.07) is 9.26. The van der Waals surface area contributed by atoms with E-state index in [4.69, 9.17) is 6.42 Å². The number of rotatable bonds is 2. The number of carbonyl (C=O) groups is 1. The minimum absolute atomic E-state index is 0.168. The molecular formula is C10H8O3. The Balaban J connectivity index is 2.36. The first kappa shape index (κ1) is 9.14. The summed E-state index contributed by atoms with van der Waals surface area (Å²) >= 11 is 0. The summed E-state index contributed by atoms with van der Waals surface area (Å²) in [6.45, 7) is 0.168. The van der Waals surface area contributed by atoms with E-state index in [1.807, 2.05) is 30.3 Å². The summed E-state index contributed by atoms with van der Waals surface area (Å²) < 4.78 is 8.80. The van der Waals surface area contributed by atoms with Crippen molar-refractivity contribution in [1.29, 1.82) is 0 Å². The van der Waals surface area contributed by atoms with Gasteiger partial charge in [0.1, 0.15) is 12.7 Å². The standard InChI is InChI=1S/C10H8O3/c1-2-12-10(11)13-8-9-6-4-3-5-7-9/h1,3-7H,8H2. The maximum absolute atomic E-state index is 10.6. The second-order valence-electron chi connectivity index (χ2n) is 2.24. The monoisotopic (exact) mass is 176 g/mol. The van der Waals surface area contributed by atoms with E-state index in [1.54, 1.807) is 6.11 Å². The second-order valence-corrected chi connectivity index (χ2v) is 2.24. The molecule has 1 rings (SSSR count). The van der Waals surface area contributed by atoms with Gasteiger partial charge in [-0.1, -0.05) is 36.8 Å². The zero-order valence-electron chi connectivity index (χ0n) is 6.90. The molecule has 3 heteroatoms. The second kappa shape index (κ2) is 4.83. The van der Waals surface area contributed by atoms with Gasteiger partial charge in [-0.2, -0.15) is 0 Å². The van der Waals surface area contributed by atoms with Crippen molar-refractivity contribution in [2.75, 3.05) is 0 Å². The van der Waals surface area contributed by atoms with Crippen LogP contribution in [0, 0.1) is 12.5 Å². The van der Waals surface area contributed by atoms with Crippen LogP contribution in [0.1, 0.15) is 5.56 Å². The molecule has 0 N–H and O–H groups in total. The summed E-state index contributed by atoms with van der Waals surface area (Å²) in [7, 11) is 0. The van der Waals surface area contributed by atoms with Gasteiger partial charge in [-0.3, -0.25) is 0 Å². The molecule has 0 aromatic heterocycles. The van der Waals surface area contributed by atoms with Gasteiger partial charge >= 0.3 is 6.16 Å². The predicted molar refractivity (Wildman–Crippen MR) is 46.5 cm³/mol. The largest absolute Gasteiger partial charge is 0.523 e. The van der Waals surface area contributed by atoms with Crippen LogP contribution in [-0.2, 0) is 16.1 Å². The van der Waals surface area contributed by atoms with Crippen LogP contribution in [0.15, 0.2) is 30.3 Å². The Bertz CT molecular complexity index is 311. The van der Waals surface area contributed by atoms with Gasteiger partial charge in [-0.05, 0) is 5.56 Å². The maximum Gasteiger partial charge on any atom is 0.523 e. The van der Waals surface area contributed by atoms with E-state index in [0.29, 0.717) is 0 Å². The quantitative estimate of drug-likeness (QED) is 0.510. The lowest BCUT2D eigenvalue weighted by atomic mass is 10.2. The average molecular weight is 176 g/mol. The zero-order chi connectivity index (χ0) is 9.52. The highest BCUT2D eigenvalue weighted by molar-refractivity contribution is 5.61. The number of ether oxygens (including phenoxy) is 2. The normalized spacial score (nSPS) is 8.54. The smallest absolute Gasteiger partial charge is 0.429 e. The Labute approximate surface area is 76.3 Å². The molecule has 0 spiro atoms. The van der Waals surface area contributed by atoms with Crippen molar-refractivity contribution in [3.63, 3.8) is 0 Å². The van der Waals surface area contributed by atoms with Gasteiger partial charge in [0.15, 0.2) is 0 Å². The minimum Gasteiger partial charge on any atom is -0.429 e. The van der Waals surface area contributed by atoms with Gasteiger partial charge in [0.2, 0.25) is 0 Å². The van der Waals surface area contributed by atoms with E-state index in [2.05, 4.69) is 9.47 Å². The summed E-state index contributed by atoms with van der Waals surface area (Å²) in [5, 5.41) is 0. The Kier molecular flexibility index (Phi) is 3.40. The number of hydrogen-bond donors (Lipinski definition) is 0. The predicted octanol–water partition coefficient (Wildman–Crippen LogP) is 1.93. The van der Waals surface area contributed by atoms with Crippen LogP contribution in [0.3, 0.4) is 0 Å². The van der Waals surface area contributed by atoms with E-state index >= 15 is 0 Å². The van der Waals surface area contributed by atoms with Crippen molar-refractivity contribution in [2.24, 2.45) is 0 Å². The molecule has 0 fully saturated rings. The van der Waals surface area contributed by atoms with Crippen LogP contribution in [-0.4, -0.2) is 6.16 Å². The lowest BCUT2D eigenvalue weighted by Gasteiger charge is -2.00. The first-order valence-corrected chi connectivity index (χ1v) is 3.66. The fourth-order valence-corrected chi connectivity index (χ4v) is 0.794. The van der Waals surface area contributed by atoms with E-state index in [9.17, 15) is 4.79 Å². The third-order valence-corrected chi connectivity index (χ3v) is 1.34. The van der Waals surface area contributed by atoms with Crippen molar-refractivity contribution >= 4 is 6.16 Å². The molecule has 13 heavy (non-hydrogen) atoms. The highest BCUT2D eigenvalue weighted by atomic mass is 16.7. The van der Waals surface area contributed by atoms with Crippen LogP contribution in [0.4, 0.5) is 4.79 Å². The van der Waals surface area contributed by atoms with Crippen LogP contribution in [0.2, 0.25) is 0 Å². The molecule has 1 aromatic carbocycles. The summed E-state index contributed by atoms with van der Waals surface area (Å²) in [5.41, 5.74) is 0.886. The van der Waals surface area contributed by atoms with Crippen molar-refractivity contribution in [3.05, 3.63) is 35.9 Å². The van der Waals surface area contributed by atoms with Crippen LogP contribution < -0.4 is 0 Å². The third-order valence-electron chi connectivity index (χ3n) is 1.34. The number of benzene rings is 1. The molecule has 0 atom stereocenters. The highest BCUT2D eigenvalue weighted by Crippen LogP contribution is 2.00. The average Bonchev–Trinajstić information content (AvgIpc) is 2.17. The molecule has 0 heterocycles. The number of hydrogen-bond acceptors (Lipinski definition) is 3. The fraction of sp³-hybridized carbons (Fsp3) is 0.100. The van der Waals surface area contributed by atoms with E-state index in [0.717, 1.165) is 5.56 Å². The molecule has 0 unspecified atom stereocenters. The molecule has 0 aliphatic rings. The molecule has 0 bridgehead atoms. The molecule has 0 aliphatic heterocycles. The van der Waals surface area contributed by atoms with Gasteiger partial charge < -0.3 is 9.47 Å². The lowest BCUT2D eigenvalue weighted by Crippen LogP contribution is -2.03. The summed E-state index contributed by atoms with van der Waals surface area (Å²) in [4.78, 5) is 10.6. The topological polar surface area (TPSA) is 35.5 Å². The molecule has 66 valence electrons. The molecule has 0 radical (unpaired) electrons. The fourth-order valence-electron chi connectivity index (χ4n) is 0.794. The van der Waals surface area contributed by atoms with Crippen LogP contribution in [0.25, 0.3) is 0 Å². The SMILES string of the molecule is C#COC(=O)OCc1ccccc1. The van der Waals surface area contributed by atoms with Gasteiger partial charge in [-0.15, -0.1) is 0 Å². The Morgan fingerprint density at radius 1 is 1.38 bits per heavy atom.